The van der Waals surface area contributed by atoms with Gasteiger partial charge < -0.3 is 10.2 Å². The largest absolute Gasteiger partial charge is 0.435 e. The van der Waals surface area contributed by atoms with E-state index in [1.165, 1.54) is 38.4 Å². The molecule has 16 heteroatoms. The summed E-state index contributed by atoms with van der Waals surface area (Å²) in [5.74, 6) is -3.24. The van der Waals surface area contributed by atoms with Crippen molar-refractivity contribution in [3.05, 3.63) is 87.1 Å². The van der Waals surface area contributed by atoms with Crippen LogP contribution in [0, 0.1) is 5.82 Å². The highest BCUT2D eigenvalue weighted by atomic mass is 79.9. The van der Waals surface area contributed by atoms with E-state index in [2.05, 4.69) is 15.9 Å². The standard InChI is InChI=1S/C26H16BrF11N2O2/c1-40(2)22(42)16-9-5-8-14(19(16)28)13-6-3-4-7-15(13)21(41)39-20-17(24(30,31)32)10-12(11-18(20)27)23(29,25(33,34)35)26(36,37)38/h3-11H,1-2H3,(H,39,41). The second-order valence-corrected chi connectivity index (χ2v) is 9.75. The zero-order valence-electron chi connectivity index (χ0n) is 21.0. The summed E-state index contributed by atoms with van der Waals surface area (Å²) in [7, 11) is 2.68. The molecule has 3 aromatic carbocycles. The van der Waals surface area contributed by atoms with Crippen molar-refractivity contribution >= 4 is 33.4 Å². The van der Waals surface area contributed by atoms with Gasteiger partial charge in [0.25, 0.3) is 11.8 Å². The fourth-order valence-corrected chi connectivity index (χ4v) is 4.45. The van der Waals surface area contributed by atoms with Gasteiger partial charge in [0.05, 0.1) is 16.8 Å². The fraction of sp³-hybridized carbons (Fsp3) is 0.231. The molecule has 0 aliphatic heterocycles. The minimum absolute atomic E-state index is 0.187. The first-order valence-electron chi connectivity index (χ1n) is 11.3. The third-order valence-electron chi connectivity index (χ3n) is 5.91. The lowest BCUT2D eigenvalue weighted by Crippen LogP contribution is -2.50. The Labute approximate surface area is 238 Å². The molecule has 0 heterocycles. The van der Waals surface area contributed by atoms with Gasteiger partial charge in [0, 0.05) is 35.3 Å². The molecule has 0 saturated heterocycles. The Bertz CT molecular complexity index is 1520. The van der Waals surface area contributed by atoms with Crippen LogP contribution in [0.25, 0.3) is 11.1 Å². The molecular formula is C26H16BrF11N2O2. The summed E-state index contributed by atoms with van der Waals surface area (Å²) in [5.41, 5.74) is -13.6. The predicted octanol–water partition coefficient (Wildman–Crippen LogP) is 8.52. The zero-order chi connectivity index (χ0) is 32.0. The Morgan fingerprint density at radius 1 is 0.762 bits per heavy atom. The van der Waals surface area contributed by atoms with Crippen LogP contribution in [0.5, 0.6) is 0 Å². The van der Waals surface area contributed by atoms with Crippen LogP contribution >= 0.6 is 15.9 Å². The summed E-state index contributed by atoms with van der Waals surface area (Å²) < 4.78 is 150. The van der Waals surface area contributed by atoms with Gasteiger partial charge in [-0.05, 0) is 45.8 Å². The lowest BCUT2D eigenvalue weighted by atomic mass is 9.91. The molecule has 0 atom stereocenters. The topological polar surface area (TPSA) is 49.4 Å². The molecule has 4 nitrogen and oxygen atoms in total. The van der Waals surface area contributed by atoms with Crippen LogP contribution in [0.4, 0.5) is 54.0 Å². The molecule has 3 rings (SSSR count). The minimum atomic E-state index is -6.70. The molecule has 0 aliphatic carbocycles. The van der Waals surface area contributed by atoms with E-state index in [-0.39, 0.29) is 17.2 Å². The molecule has 0 radical (unpaired) electrons. The number of nitrogens with one attached hydrogen (secondary N) is 1. The molecule has 1 N–H and O–H groups in total. The van der Waals surface area contributed by atoms with Gasteiger partial charge in [-0.15, -0.1) is 0 Å². The molecule has 0 aromatic heterocycles. The molecule has 0 unspecified atom stereocenters. The predicted molar refractivity (Wildman–Crippen MR) is 132 cm³/mol. The molecule has 42 heavy (non-hydrogen) atoms. The number of amides is 2. The van der Waals surface area contributed by atoms with E-state index in [9.17, 15) is 53.5 Å². The number of hydrogen-bond acceptors (Lipinski definition) is 2. The Morgan fingerprint density at radius 2 is 1.29 bits per heavy atom. The van der Waals surface area contributed by atoms with Crippen LogP contribution < -0.4 is 5.32 Å². The average Bonchev–Trinajstić information content (AvgIpc) is 2.86. The highest BCUT2D eigenvalue weighted by Gasteiger charge is 2.73. The number of nitrogens with zero attached hydrogens (tertiary/aromatic N) is 1. The Hall–Kier alpha value is -3.69. The lowest BCUT2D eigenvalue weighted by molar-refractivity contribution is -0.348. The maximum absolute atomic E-state index is 15.3. The van der Waals surface area contributed by atoms with Crippen molar-refractivity contribution in [2.45, 2.75) is 24.2 Å². The smallest absolute Gasteiger partial charge is 0.345 e. The summed E-state index contributed by atoms with van der Waals surface area (Å²) >= 11 is 2.41. The van der Waals surface area contributed by atoms with Crippen molar-refractivity contribution in [3.8, 4) is 11.1 Å². The Kier molecular flexibility index (Phi) is 8.74. The van der Waals surface area contributed by atoms with Crippen LogP contribution in [-0.2, 0) is 11.8 Å². The summed E-state index contributed by atoms with van der Waals surface area (Å²) in [6, 6.07) is 7.47. The highest BCUT2D eigenvalue weighted by Crippen LogP contribution is 2.55. The molecule has 0 saturated carbocycles. The van der Waals surface area contributed by atoms with Crippen LogP contribution in [0.3, 0.4) is 0 Å². The van der Waals surface area contributed by atoms with Crippen LogP contribution in [0.2, 0.25) is 0 Å². The zero-order valence-corrected chi connectivity index (χ0v) is 22.6. The Balaban J connectivity index is 2.18. The maximum atomic E-state index is 15.3. The average molecular weight is 677 g/mol. The van der Waals surface area contributed by atoms with Gasteiger partial charge in [-0.3, -0.25) is 9.59 Å². The SMILES string of the molecule is CN(C)C(=O)c1cccc(-c2ccccc2C(=O)Nc2c(Br)cc(C(F)(C(F)(F)F)C(F)(F)F)cc2C(F)(F)F)c1F. The van der Waals surface area contributed by atoms with E-state index in [0.29, 0.717) is 0 Å². The quantitative estimate of drug-likeness (QED) is 0.276. The number of halogens is 12. The molecular weight excluding hydrogens is 661 g/mol. The summed E-state index contributed by atoms with van der Waals surface area (Å²) in [6.07, 6.45) is -19.1. The van der Waals surface area contributed by atoms with E-state index in [0.717, 1.165) is 23.1 Å². The first-order chi connectivity index (χ1) is 19.1. The van der Waals surface area contributed by atoms with Gasteiger partial charge in [0.1, 0.15) is 5.82 Å². The minimum Gasteiger partial charge on any atom is -0.345 e. The van der Waals surface area contributed by atoms with Crippen molar-refractivity contribution < 1.29 is 57.9 Å². The molecule has 0 aliphatic rings. The summed E-state index contributed by atoms with van der Waals surface area (Å²) in [5, 5.41) is 1.75. The van der Waals surface area contributed by atoms with Crippen molar-refractivity contribution in [3.63, 3.8) is 0 Å². The van der Waals surface area contributed by atoms with Gasteiger partial charge >= 0.3 is 24.2 Å². The van der Waals surface area contributed by atoms with Gasteiger partial charge in [-0.2, -0.15) is 39.5 Å². The van der Waals surface area contributed by atoms with E-state index in [1.807, 2.05) is 0 Å². The monoisotopic (exact) mass is 676 g/mol. The van der Waals surface area contributed by atoms with Gasteiger partial charge in [0.15, 0.2) is 0 Å². The number of hydrogen-bond donors (Lipinski definition) is 1. The third-order valence-corrected chi connectivity index (χ3v) is 6.54. The molecule has 0 bridgehead atoms. The number of carbonyl (C=O) groups excluding carboxylic acids is 2. The molecule has 226 valence electrons. The first-order valence-corrected chi connectivity index (χ1v) is 12.1. The molecule has 3 aromatic rings. The summed E-state index contributed by atoms with van der Waals surface area (Å²) in [4.78, 5) is 26.5. The molecule has 0 spiro atoms. The third kappa shape index (κ3) is 5.94. The molecule has 0 fully saturated rings. The first kappa shape index (κ1) is 32.8. The number of rotatable bonds is 5. The summed E-state index contributed by atoms with van der Waals surface area (Å²) in [6.45, 7) is 0. The number of carbonyl (C=O) groups is 2. The number of benzene rings is 3. The van der Waals surface area contributed by atoms with Crippen LogP contribution in [-0.4, -0.2) is 43.2 Å². The second-order valence-electron chi connectivity index (χ2n) is 8.90. The molecule has 2 amide bonds. The van der Waals surface area contributed by atoms with Crippen molar-refractivity contribution in [2.24, 2.45) is 0 Å². The van der Waals surface area contributed by atoms with Gasteiger partial charge in [0.2, 0.25) is 0 Å². The normalized spacial score (nSPS) is 12.7. The van der Waals surface area contributed by atoms with Crippen LogP contribution in [0.1, 0.15) is 31.8 Å². The Morgan fingerprint density at radius 3 is 1.81 bits per heavy atom. The highest BCUT2D eigenvalue weighted by molar-refractivity contribution is 9.10. The van der Waals surface area contributed by atoms with E-state index in [1.54, 1.807) is 5.32 Å². The van der Waals surface area contributed by atoms with Crippen LogP contribution in [0.15, 0.2) is 59.1 Å². The number of anilines is 1. The maximum Gasteiger partial charge on any atom is 0.435 e. The van der Waals surface area contributed by atoms with Crippen molar-refractivity contribution in [1.82, 2.24) is 4.90 Å². The second kappa shape index (κ2) is 11.2. The van der Waals surface area contributed by atoms with E-state index >= 15 is 4.39 Å². The fourth-order valence-electron chi connectivity index (χ4n) is 3.89. The van der Waals surface area contributed by atoms with Crippen molar-refractivity contribution in [1.29, 1.82) is 0 Å². The van der Waals surface area contributed by atoms with Crippen molar-refractivity contribution in [2.75, 3.05) is 19.4 Å². The van der Waals surface area contributed by atoms with Gasteiger partial charge in [-0.1, -0.05) is 30.3 Å². The lowest BCUT2D eigenvalue weighted by Gasteiger charge is -2.31. The number of alkyl halides is 10. The van der Waals surface area contributed by atoms with Gasteiger partial charge in [-0.25, -0.2) is 8.78 Å². The van der Waals surface area contributed by atoms with E-state index < -0.39 is 80.3 Å². The van der Waals surface area contributed by atoms with E-state index in [4.69, 9.17) is 0 Å².